The molecule has 0 aliphatic carbocycles. The smallest absolute Gasteiger partial charge is 0.0678 e. The Kier molecular flexibility index (Phi) is 3.63. The van der Waals surface area contributed by atoms with Gasteiger partial charge in [-0.25, -0.2) is 0 Å². The van der Waals surface area contributed by atoms with E-state index in [-0.39, 0.29) is 0 Å². The Hall–Kier alpha value is 0.210. The lowest BCUT2D eigenvalue weighted by molar-refractivity contribution is -0.0661. The van der Waals surface area contributed by atoms with Crippen LogP contribution in [0, 0.1) is 0 Å². The van der Waals surface area contributed by atoms with Crippen molar-refractivity contribution in [1.82, 2.24) is 4.90 Å². The molecule has 11 heavy (non-hydrogen) atoms. The minimum absolute atomic E-state index is 0.363. The summed E-state index contributed by atoms with van der Waals surface area (Å²) in [5.74, 6) is 0.722. The molecule has 1 aliphatic rings. The number of rotatable bonds is 2. The van der Waals surface area contributed by atoms with Gasteiger partial charge in [0.05, 0.1) is 12.2 Å². The molecule has 0 bridgehead atoms. The van der Waals surface area contributed by atoms with E-state index in [0.29, 0.717) is 12.2 Å². The Morgan fingerprint density at radius 1 is 1.36 bits per heavy atom. The summed E-state index contributed by atoms with van der Waals surface area (Å²) in [6.45, 7) is 7.25. The molecule has 1 fully saturated rings. The maximum Gasteiger partial charge on any atom is 0.0678 e. The molecule has 66 valence electrons. The summed E-state index contributed by atoms with van der Waals surface area (Å²) in [6.07, 6.45) is 0.726. The predicted molar refractivity (Wildman–Crippen MR) is 47.2 cm³/mol. The molecule has 0 aromatic carbocycles. The van der Waals surface area contributed by atoms with Crippen molar-refractivity contribution in [3.63, 3.8) is 0 Å². The molecular formula is C8H16ClNO. The summed E-state index contributed by atoms with van der Waals surface area (Å²) in [7, 11) is 0. The van der Waals surface area contributed by atoms with Gasteiger partial charge in [0.1, 0.15) is 0 Å². The molecule has 0 saturated carbocycles. The molecule has 2 unspecified atom stereocenters. The van der Waals surface area contributed by atoms with Crippen molar-refractivity contribution in [2.75, 3.05) is 25.5 Å². The monoisotopic (exact) mass is 177 g/mol. The van der Waals surface area contributed by atoms with Crippen molar-refractivity contribution >= 4 is 11.6 Å². The van der Waals surface area contributed by atoms with Gasteiger partial charge in [-0.1, -0.05) is 0 Å². The number of morpholine rings is 1. The van der Waals surface area contributed by atoms with Crippen LogP contribution < -0.4 is 0 Å². The normalized spacial score (nSPS) is 34.1. The van der Waals surface area contributed by atoms with Crippen LogP contribution in [0.4, 0.5) is 0 Å². The van der Waals surface area contributed by atoms with E-state index in [0.717, 1.165) is 25.5 Å². The summed E-state index contributed by atoms with van der Waals surface area (Å²) in [6, 6.07) is 0. The van der Waals surface area contributed by atoms with Gasteiger partial charge >= 0.3 is 0 Å². The number of hydrogen-bond donors (Lipinski definition) is 0. The Morgan fingerprint density at radius 3 is 2.36 bits per heavy atom. The van der Waals surface area contributed by atoms with Gasteiger partial charge in [-0.3, -0.25) is 4.90 Å². The van der Waals surface area contributed by atoms with Gasteiger partial charge in [-0.05, 0) is 13.8 Å². The maximum atomic E-state index is 5.65. The van der Waals surface area contributed by atoms with E-state index in [1.54, 1.807) is 0 Å². The molecule has 2 atom stereocenters. The summed E-state index contributed by atoms with van der Waals surface area (Å²) in [5, 5.41) is 0. The van der Waals surface area contributed by atoms with E-state index in [1.165, 1.54) is 0 Å². The molecule has 0 radical (unpaired) electrons. The van der Waals surface area contributed by atoms with E-state index in [4.69, 9.17) is 16.3 Å². The van der Waals surface area contributed by atoms with Gasteiger partial charge in [0.2, 0.25) is 0 Å². The average Bonchev–Trinajstić information content (AvgIpc) is 1.85. The highest BCUT2D eigenvalue weighted by Gasteiger charge is 2.20. The lowest BCUT2D eigenvalue weighted by Gasteiger charge is -2.34. The fourth-order valence-corrected chi connectivity index (χ4v) is 1.83. The summed E-state index contributed by atoms with van der Waals surface area (Å²) in [4.78, 5) is 2.35. The summed E-state index contributed by atoms with van der Waals surface area (Å²) in [5.41, 5.74) is 0. The second-order valence-corrected chi connectivity index (χ2v) is 3.58. The van der Waals surface area contributed by atoms with Gasteiger partial charge in [0.15, 0.2) is 0 Å². The first-order chi connectivity index (χ1) is 5.22. The number of nitrogens with zero attached hydrogens (tertiary/aromatic N) is 1. The van der Waals surface area contributed by atoms with Crippen molar-refractivity contribution in [2.24, 2.45) is 0 Å². The summed E-state index contributed by atoms with van der Waals surface area (Å²) >= 11 is 5.65. The number of ether oxygens (including phenoxy) is 1. The molecule has 0 aromatic rings. The molecule has 2 nitrogen and oxygen atoms in total. The third-order valence-electron chi connectivity index (χ3n) is 1.90. The van der Waals surface area contributed by atoms with Gasteiger partial charge in [-0.2, -0.15) is 0 Å². The molecule has 0 aromatic heterocycles. The third-order valence-corrected chi connectivity index (χ3v) is 2.07. The Morgan fingerprint density at radius 2 is 1.91 bits per heavy atom. The second kappa shape index (κ2) is 4.29. The van der Waals surface area contributed by atoms with Crippen molar-refractivity contribution in [3.8, 4) is 0 Å². The van der Waals surface area contributed by atoms with Crippen molar-refractivity contribution in [3.05, 3.63) is 0 Å². The lowest BCUT2D eigenvalue weighted by atomic mass is 10.2. The molecule has 1 saturated heterocycles. The predicted octanol–water partition coefficient (Wildman–Crippen LogP) is 1.33. The molecule has 0 spiro atoms. The molecule has 0 amide bonds. The average molecular weight is 178 g/mol. The van der Waals surface area contributed by atoms with Crippen molar-refractivity contribution in [1.29, 1.82) is 0 Å². The molecule has 1 heterocycles. The van der Waals surface area contributed by atoms with Crippen molar-refractivity contribution in [2.45, 2.75) is 26.1 Å². The zero-order valence-corrected chi connectivity index (χ0v) is 7.97. The van der Waals surface area contributed by atoms with E-state index in [9.17, 15) is 0 Å². The topological polar surface area (TPSA) is 12.5 Å². The van der Waals surface area contributed by atoms with Crippen molar-refractivity contribution < 1.29 is 4.74 Å². The maximum absolute atomic E-state index is 5.65. The van der Waals surface area contributed by atoms with E-state index < -0.39 is 0 Å². The highest BCUT2D eigenvalue weighted by atomic mass is 35.5. The van der Waals surface area contributed by atoms with E-state index in [2.05, 4.69) is 18.7 Å². The van der Waals surface area contributed by atoms with Crippen LogP contribution in [0.3, 0.4) is 0 Å². The molecule has 0 N–H and O–H groups in total. The SMILES string of the molecule is CC1CN(CCCl)CC(C)O1. The summed E-state index contributed by atoms with van der Waals surface area (Å²) < 4.78 is 5.58. The van der Waals surface area contributed by atoms with Gasteiger partial charge in [-0.15, -0.1) is 11.6 Å². The molecule has 1 rings (SSSR count). The largest absolute Gasteiger partial charge is 0.373 e. The van der Waals surface area contributed by atoms with E-state index in [1.807, 2.05) is 0 Å². The Labute approximate surface area is 73.5 Å². The zero-order chi connectivity index (χ0) is 8.27. The highest BCUT2D eigenvalue weighted by Crippen LogP contribution is 2.09. The minimum atomic E-state index is 0.363. The Balaban J connectivity index is 2.30. The minimum Gasteiger partial charge on any atom is -0.373 e. The molecular weight excluding hydrogens is 162 g/mol. The van der Waals surface area contributed by atoms with Crippen LogP contribution in [0.25, 0.3) is 0 Å². The number of alkyl halides is 1. The van der Waals surface area contributed by atoms with Gasteiger partial charge in [0, 0.05) is 25.5 Å². The van der Waals surface area contributed by atoms with Gasteiger partial charge in [0.25, 0.3) is 0 Å². The van der Waals surface area contributed by atoms with Crippen LogP contribution in [0.2, 0.25) is 0 Å². The van der Waals surface area contributed by atoms with Crippen LogP contribution in [0.1, 0.15) is 13.8 Å². The fraction of sp³-hybridized carbons (Fsp3) is 1.00. The molecule has 3 heteroatoms. The van der Waals surface area contributed by atoms with Crippen LogP contribution in [0.15, 0.2) is 0 Å². The first kappa shape index (κ1) is 9.30. The molecule has 1 aliphatic heterocycles. The zero-order valence-electron chi connectivity index (χ0n) is 7.22. The quantitative estimate of drug-likeness (QED) is 0.591. The second-order valence-electron chi connectivity index (χ2n) is 3.21. The number of hydrogen-bond acceptors (Lipinski definition) is 2. The van der Waals surface area contributed by atoms with Crippen LogP contribution in [-0.2, 0) is 4.74 Å². The number of halogens is 1. The van der Waals surface area contributed by atoms with Crippen LogP contribution in [-0.4, -0.2) is 42.6 Å². The van der Waals surface area contributed by atoms with Crippen LogP contribution in [0.5, 0.6) is 0 Å². The Bertz CT molecular complexity index is 111. The van der Waals surface area contributed by atoms with Crippen LogP contribution >= 0.6 is 11.6 Å². The van der Waals surface area contributed by atoms with Gasteiger partial charge < -0.3 is 4.74 Å². The standard InChI is InChI=1S/C8H16ClNO/c1-7-5-10(4-3-9)6-8(2)11-7/h7-8H,3-6H2,1-2H3. The third kappa shape index (κ3) is 2.97. The first-order valence-electron chi connectivity index (χ1n) is 4.16. The van der Waals surface area contributed by atoms with E-state index >= 15 is 0 Å². The fourth-order valence-electron chi connectivity index (χ4n) is 1.59. The highest BCUT2D eigenvalue weighted by molar-refractivity contribution is 6.18. The lowest BCUT2D eigenvalue weighted by Crippen LogP contribution is -2.45. The first-order valence-corrected chi connectivity index (χ1v) is 4.69.